The third kappa shape index (κ3) is 2.36. The Morgan fingerprint density at radius 1 is 0.929 bits per heavy atom. The van der Waals surface area contributed by atoms with Crippen molar-refractivity contribution < 1.29 is 0 Å². The lowest BCUT2D eigenvalue weighted by Crippen LogP contribution is -2.17. The predicted octanol–water partition coefficient (Wildman–Crippen LogP) is 3.06. The predicted molar refractivity (Wildman–Crippen MR) is 60.2 cm³/mol. The highest BCUT2D eigenvalue weighted by molar-refractivity contribution is 5.19. The molecule has 1 aromatic carbocycles. The van der Waals surface area contributed by atoms with E-state index in [0.717, 1.165) is 5.92 Å². The van der Waals surface area contributed by atoms with Crippen LogP contribution in [0.2, 0.25) is 0 Å². The molecular formula is C13H19N. The molecular weight excluding hydrogens is 170 g/mol. The summed E-state index contributed by atoms with van der Waals surface area (Å²) < 4.78 is 0. The minimum atomic E-state index is 0.448. The second-order valence-electron chi connectivity index (χ2n) is 4.38. The van der Waals surface area contributed by atoms with Crippen LogP contribution in [0.5, 0.6) is 0 Å². The zero-order chi connectivity index (χ0) is 9.80. The number of hydrogen-bond acceptors (Lipinski definition) is 1. The van der Waals surface area contributed by atoms with Crippen LogP contribution in [0, 0.1) is 0 Å². The van der Waals surface area contributed by atoms with E-state index in [0.29, 0.717) is 6.04 Å². The molecule has 1 fully saturated rings. The maximum Gasteiger partial charge on any atom is 0.00390 e. The normalized spacial score (nSPS) is 28.4. The van der Waals surface area contributed by atoms with Gasteiger partial charge in [0.2, 0.25) is 0 Å². The van der Waals surface area contributed by atoms with Crippen molar-refractivity contribution in [2.24, 2.45) is 5.73 Å². The van der Waals surface area contributed by atoms with E-state index in [2.05, 4.69) is 30.3 Å². The van der Waals surface area contributed by atoms with Gasteiger partial charge in [-0.05, 0) is 37.2 Å². The Morgan fingerprint density at radius 2 is 1.71 bits per heavy atom. The summed E-state index contributed by atoms with van der Waals surface area (Å²) in [5.74, 6) is 0.754. The molecule has 2 atom stereocenters. The van der Waals surface area contributed by atoms with Crippen LogP contribution in [0.15, 0.2) is 30.3 Å². The third-order valence-corrected chi connectivity index (χ3v) is 3.28. The molecule has 1 aromatic rings. The molecule has 1 heteroatoms. The van der Waals surface area contributed by atoms with Crippen LogP contribution < -0.4 is 5.73 Å². The summed E-state index contributed by atoms with van der Waals surface area (Å²) in [6.07, 6.45) is 6.28. The van der Waals surface area contributed by atoms with E-state index in [1.165, 1.54) is 37.7 Å². The quantitative estimate of drug-likeness (QED) is 0.675. The lowest BCUT2D eigenvalue weighted by Gasteiger charge is -2.14. The first-order valence-electron chi connectivity index (χ1n) is 5.67. The third-order valence-electron chi connectivity index (χ3n) is 3.28. The van der Waals surface area contributed by atoms with Crippen molar-refractivity contribution in [1.29, 1.82) is 0 Å². The first-order chi connectivity index (χ1) is 6.86. The van der Waals surface area contributed by atoms with E-state index in [9.17, 15) is 0 Å². The Labute approximate surface area is 86.3 Å². The lowest BCUT2D eigenvalue weighted by molar-refractivity contribution is 0.568. The molecule has 0 amide bonds. The van der Waals surface area contributed by atoms with Crippen molar-refractivity contribution >= 4 is 0 Å². The minimum Gasteiger partial charge on any atom is -0.328 e. The maximum absolute atomic E-state index is 5.98. The summed E-state index contributed by atoms with van der Waals surface area (Å²) in [4.78, 5) is 0. The van der Waals surface area contributed by atoms with Crippen LogP contribution in [0.3, 0.4) is 0 Å². The van der Waals surface area contributed by atoms with Gasteiger partial charge in [-0.25, -0.2) is 0 Å². The fourth-order valence-electron chi connectivity index (χ4n) is 2.39. The highest BCUT2D eigenvalue weighted by atomic mass is 14.6. The SMILES string of the molecule is NC1CCCC(c2ccccc2)CC1. The molecule has 0 aromatic heterocycles. The van der Waals surface area contributed by atoms with Crippen LogP contribution in [-0.4, -0.2) is 6.04 Å². The smallest absolute Gasteiger partial charge is 0.00390 e. The molecule has 1 aliphatic carbocycles. The van der Waals surface area contributed by atoms with Gasteiger partial charge in [-0.2, -0.15) is 0 Å². The Morgan fingerprint density at radius 3 is 2.50 bits per heavy atom. The summed E-state index contributed by atoms with van der Waals surface area (Å²) in [6.45, 7) is 0. The topological polar surface area (TPSA) is 26.0 Å². The van der Waals surface area contributed by atoms with Crippen molar-refractivity contribution in [3.05, 3.63) is 35.9 Å². The first kappa shape index (κ1) is 9.72. The molecule has 0 spiro atoms. The lowest BCUT2D eigenvalue weighted by atomic mass is 9.92. The van der Waals surface area contributed by atoms with Crippen molar-refractivity contribution in [3.8, 4) is 0 Å². The summed E-state index contributed by atoms with van der Waals surface area (Å²) >= 11 is 0. The zero-order valence-electron chi connectivity index (χ0n) is 8.65. The van der Waals surface area contributed by atoms with Crippen LogP contribution in [0.4, 0.5) is 0 Å². The number of rotatable bonds is 1. The van der Waals surface area contributed by atoms with Crippen molar-refractivity contribution in [2.75, 3.05) is 0 Å². The minimum absolute atomic E-state index is 0.448. The molecule has 2 N–H and O–H groups in total. The Bertz CT molecular complexity index is 268. The van der Waals surface area contributed by atoms with Gasteiger partial charge >= 0.3 is 0 Å². The highest BCUT2D eigenvalue weighted by Gasteiger charge is 2.17. The molecule has 0 saturated heterocycles. The first-order valence-corrected chi connectivity index (χ1v) is 5.67. The van der Waals surface area contributed by atoms with Gasteiger partial charge in [0.1, 0.15) is 0 Å². The van der Waals surface area contributed by atoms with E-state index in [-0.39, 0.29) is 0 Å². The Balaban J connectivity index is 2.04. The molecule has 0 heterocycles. The summed E-state index contributed by atoms with van der Waals surface area (Å²) in [7, 11) is 0. The summed E-state index contributed by atoms with van der Waals surface area (Å²) in [5, 5.41) is 0. The van der Waals surface area contributed by atoms with Crippen LogP contribution in [0.1, 0.15) is 43.6 Å². The van der Waals surface area contributed by atoms with E-state index >= 15 is 0 Å². The number of benzene rings is 1. The number of nitrogens with two attached hydrogens (primary N) is 1. The standard InChI is InChI=1S/C13H19N/c14-13-8-4-7-12(9-10-13)11-5-2-1-3-6-11/h1-3,5-6,12-13H,4,7-10,14H2. The molecule has 1 nitrogen and oxygen atoms in total. The van der Waals surface area contributed by atoms with Gasteiger partial charge in [-0.1, -0.05) is 36.8 Å². The Kier molecular flexibility index (Phi) is 3.20. The second-order valence-corrected chi connectivity index (χ2v) is 4.38. The molecule has 1 aliphatic rings. The van der Waals surface area contributed by atoms with Gasteiger partial charge in [-0.15, -0.1) is 0 Å². The molecule has 0 radical (unpaired) electrons. The van der Waals surface area contributed by atoms with Crippen LogP contribution >= 0.6 is 0 Å². The van der Waals surface area contributed by atoms with Crippen LogP contribution in [0.25, 0.3) is 0 Å². The maximum atomic E-state index is 5.98. The zero-order valence-corrected chi connectivity index (χ0v) is 8.65. The molecule has 0 aliphatic heterocycles. The van der Waals surface area contributed by atoms with E-state index in [4.69, 9.17) is 5.73 Å². The van der Waals surface area contributed by atoms with Gasteiger partial charge in [0.15, 0.2) is 0 Å². The van der Waals surface area contributed by atoms with E-state index in [1.807, 2.05) is 0 Å². The largest absolute Gasteiger partial charge is 0.328 e. The van der Waals surface area contributed by atoms with Crippen molar-refractivity contribution in [2.45, 2.75) is 44.1 Å². The van der Waals surface area contributed by atoms with Gasteiger partial charge in [-0.3, -0.25) is 0 Å². The van der Waals surface area contributed by atoms with E-state index < -0.39 is 0 Å². The molecule has 0 bridgehead atoms. The van der Waals surface area contributed by atoms with Gasteiger partial charge in [0.05, 0.1) is 0 Å². The van der Waals surface area contributed by atoms with Crippen LogP contribution in [-0.2, 0) is 0 Å². The summed E-state index contributed by atoms with van der Waals surface area (Å²) in [6, 6.07) is 11.3. The fourth-order valence-corrected chi connectivity index (χ4v) is 2.39. The van der Waals surface area contributed by atoms with E-state index in [1.54, 1.807) is 0 Å². The van der Waals surface area contributed by atoms with Crippen molar-refractivity contribution in [3.63, 3.8) is 0 Å². The van der Waals surface area contributed by atoms with Crippen molar-refractivity contribution in [1.82, 2.24) is 0 Å². The van der Waals surface area contributed by atoms with Gasteiger partial charge in [0.25, 0.3) is 0 Å². The molecule has 14 heavy (non-hydrogen) atoms. The molecule has 76 valence electrons. The summed E-state index contributed by atoms with van der Waals surface area (Å²) in [5.41, 5.74) is 7.48. The molecule has 2 unspecified atom stereocenters. The average Bonchev–Trinajstić information content (AvgIpc) is 2.44. The molecule has 2 rings (SSSR count). The fraction of sp³-hybridized carbons (Fsp3) is 0.538. The number of hydrogen-bond donors (Lipinski definition) is 1. The Hall–Kier alpha value is -0.820. The van der Waals surface area contributed by atoms with Gasteiger partial charge < -0.3 is 5.73 Å². The molecule has 1 saturated carbocycles. The monoisotopic (exact) mass is 189 g/mol. The average molecular weight is 189 g/mol. The second kappa shape index (κ2) is 4.61. The van der Waals surface area contributed by atoms with Gasteiger partial charge in [0, 0.05) is 6.04 Å². The highest BCUT2D eigenvalue weighted by Crippen LogP contribution is 2.30.